The summed E-state index contributed by atoms with van der Waals surface area (Å²) in [6.45, 7) is 5.31. The summed E-state index contributed by atoms with van der Waals surface area (Å²) >= 11 is 1.60. The summed E-state index contributed by atoms with van der Waals surface area (Å²) in [6.07, 6.45) is 10.1. The molecule has 4 heteroatoms. The fourth-order valence-corrected chi connectivity index (χ4v) is 4.77. The molecule has 2 aliphatic carbocycles. The average molecular weight is 350 g/mol. The predicted molar refractivity (Wildman–Crippen MR) is 101 cm³/mol. The van der Waals surface area contributed by atoms with Crippen LogP contribution in [-0.2, 0) is 4.74 Å². The molecule has 0 aliphatic heterocycles. The van der Waals surface area contributed by atoms with Crippen LogP contribution in [0.3, 0.4) is 0 Å². The van der Waals surface area contributed by atoms with Gasteiger partial charge in [0.2, 0.25) is 0 Å². The summed E-state index contributed by atoms with van der Waals surface area (Å²) in [4.78, 5) is 13.3. The molecule has 0 amide bonds. The third kappa shape index (κ3) is 4.20. The highest BCUT2D eigenvalue weighted by Gasteiger charge is 2.36. The Labute approximate surface area is 150 Å². The second kappa shape index (κ2) is 8.01. The predicted octanol–water partition coefficient (Wildman–Crippen LogP) is 5.66. The molecule has 0 saturated heterocycles. The molecule has 0 unspecified atom stereocenters. The highest BCUT2D eigenvalue weighted by atomic mass is 32.1. The molecule has 3 rings (SSSR count). The van der Waals surface area contributed by atoms with Crippen LogP contribution in [-0.4, -0.2) is 24.0 Å². The zero-order valence-electron chi connectivity index (χ0n) is 15.1. The molecule has 0 spiro atoms. The van der Waals surface area contributed by atoms with Crippen molar-refractivity contribution in [3.8, 4) is 0 Å². The Kier molecular flexibility index (Phi) is 5.98. The highest BCUT2D eigenvalue weighted by molar-refractivity contribution is 7.12. The lowest BCUT2D eigenvalue weighted by Crippen LogP contribution is -2.41. The zero-order chi connectivity index (χ0) is 17.0. The van der Waals surface area contributed by atoms with Crippen LogP contribution in [0.4, 0.5) is 5.69 Å². The molecule has 0 radical (unpaired) electrons. The monoisotopic (exact) mass is 349 g/mol. The molecular formula is C20H31NO2S. The fourth-order valence-electron chi connectivity index (χ4n) is 3.89. The Hall–Kier alpha value is -0.870. The number of hydrogen-bond acceptors (Lipinski definition) is 4. The van der Waals surface area contributed by atoms with E-state index < -0.39 is 0 Å². The van der Waals surface area contributed by atoms with Crippen LogP contribution in [0.1, 0.15) is 81.3 Å². The smallest absolute Gasteiger partial charge is 0.177 e. The Bertz CT molecular complexity index is 542. The number of Topliss-reactive ketones (excluding diaryl/α,β-unsaturated/α-hetero) is 1. The lowest BCUT2D eigenvalue weighted by Gasteiger charge is -2.40. The number of carbonyl (C=O) groups excluding carboxylic acids is 1. The summed E-state index contributed by atoms with van der Waals surface area (Å²) in [5.41, 5.74) is 1.17. The third-order valence-electron chi connectivity index (χ3n) is 5.41. The molecule has 3 nitrogen and oxygen atoms in total. The maximum Gasteiger partial charge on any atom is 0.177 e. The SMILES string of the molecule is CCCOC1(CCC)CCC(Nc2ccsc2C(=O)C2CC2)CC1. The normalized spacial score (nSPS) is 27.2. The number of carbonyl (C=O) groups is 1. The second-order valence-electron chi connectivity index (χ2n) is 7.50. The maximum absolute atomic E-state index is 12.4. The van der Waals surface area contributed by atoms with E-state index in [1.807, 2.05) is 5.38 Å². The van der Waals surface area contributed by atoms with Crippen molar-refractivity contribution in [2.75, 3.05) is 11.9 Å². The quantitative estimate of drug-likeness (QED) is 0.585. The molecule has 0 atom stereocenters. The summed E-state index contributed by atoms with van der Waals surface area (Å²) in [7, 11) is 0. The minimum absolute atomic E-state index is 0.101. The number of hydrogen-bond donors (Lipinski definition) is 1. The number of nitrogens with one attached hydrogen (secondary N) is 1. The molecule has 1 N–H and O–H groups in total. The molecule has 134 valence electrons. The largest absolute Gasteiger partial charge is 0.381 e. The van der Waals surface area contributed by atoms with Crippen molar-refractivity contribution in [1.29, 1.82) is 0 Å². The standard InChI is InChI=1S/C20H31NO2S/c1-3-10-20(23-13-4-2)11-7-16(8-12-20)21-17-9-14-24-19(17)18(22)15-5-6-15/h9,14-16,21H,3-8,10-13H2,1-2H3. The van der Waals surface area contributed by atoms with Gasteiger partial charge < -0.3 is 10.1 Å². The van der Waals surface area contributed by atoms with Gasteiger partial charge in [0.25, 0.3) is 0 Å². The van der Waals surface area contributed by atoms with Gasteiger partial charge in [-0.15, -0.1) is 11.3 Å². The number of ether oxygens (including phenoxy) is 1. The van der Waals surface area contributed by atoms with E-state index in [-0.39, 0.29) is 5.60 Å². The van der Waals surface area contributed by atoms with Crippen molar-refractivity contribution in [3.63, 3.8) is 0 Å². The third-order valence-corrected chi connectivity index (χ3v) is 6.34. The van der Waals surface area contributed by atoms with Gasteiger partial charge in [-0.05, 0) is 62.8 Å². The van der Waals surface area contributed by atoms with Gasteiger partial charge in [0, 0.05) is 18.6 Å². The Balaban J connectivity index is 1.57. The summed E-state index contributed by atoms with van der Waals surface area (Å²) in [5.74, 6) is 0.658. The first-order valence-electron chi connectivity index (χ1n) is 9.69. The fraction of sp³-hybridized carbons (Fsp3) is 0.750. The lowest BCUT2D eigenvalue weighted by molar-refractivity contribution is -0.0773. The van der Waals surface area contributed by atoms with E-state index in [1.54, 1.807) is 11.3 Å². The molecule has 2 saturated carbocycles. The molecule has 1 aromatic rings. The van der Waals surface area contributed by atoms with Crippen LogP contribution in [0.15, 0.2) is 11.4 Å². The van der Waals surface area contributed by atoms with Crippen molar-refractivity contribution < 1.29 is 9.53 Å². The van der Waals surface area contributed by atoms with Gasteiger partial charge in [-0.2, -0.15) is 0 Å². The van der Waals surface area contributed by atoms with Gasteiger partial charge in [-0.25, -0.2) is 0 Å². The van der Waals surface area contributed by atoms with Gasteiger partial charge in [0.15, 0.2) is 5.78 Å². The van der Waals surface area contributed by atoms with Crippen molar-refractivity contribution in [1.82, 2.24) is 0 Å². The van der Waals surface area contributed by atoms with Gasteiger partial charge in [-0.3, -0.25) is 4.79 Å². The average Bonchev–Trinajstić information content (AvgIpc) is 3.34. The zero-order valence-corrected chi connectivity index (χ0v) is 15.9. The molecule has 2 fully saturated rings. The number of anilines is 1. The maximum atomic E-state index is 12.4. The second-order valence-corrected chi connectivity index (χ2v) is 8.42. The minimum Gasteiger partial charge on any atom is -0.381 e. The van der Waals surface area contributed by atoms with Crippen LogP contribution in [0, 0.1) is 5.92 Å². The van der Waals surface area contributed by atoms with Crippen LogP contribution in [0.5, 0.6) is 0 Å². The van der Waals surface area contributed by atoms with Crippen molar-refractivity contribution in [2.24, 2.45) is 5.92 Å². The topological polar surface area (TPSA) is 38.3 Å². The summed E-state index contributed by atoms with van der Waals surface area (Å²) in [6, 6.07) is 2.56. The highest BCUT2D eigenvalue weighted by Crippen LogP contribution is 2.39. The van der Waals surface area contributed by atoms with Crippen LogP contribution < -0.4 is 5.32 Å². The first kappa shape index (κ1) is 17.9. The molecule has 1 aromatic heterocycles. The molecule has 0 aromatic carbocycles. The molecule has 1 heterocycles. The molecular weight excluding hydrogens is 318 g/mol. The Morgan fingerprint density at radius 1 is 1.25 bits per heavy atom. The van der Waals surface area contributed by atoms with Crippen molar-refractivity contribution in [3.05, 3.63) is 16.3 Å². The number of thiophene rings is 1. The molecule has 2 aliphatic rings. The van der Waals surface area contributed by atoms with Crippen LogP contribution in [0.25, 0.3) is 0 Å². The van der Waals surface area contributed by atoms with E-state index in [4.69, 9.17) is 4.74 Å². The lowest BCUT2D eigenvalue weighted by atomic mass is 9.79. The van der Waals surface area contributed by atoms with E-state index in [0.717, 1.165) is 62.1 Å². The van der Waals surface area contributed by atoms with E-state index in [1.165, 1.54) is 12.8 Å². The molecule has 24 heavy (non-hydrogen) atoms. The Morgan fingerprint density at radius 3 is 2.62 bits per heavy atom. The molecule has 0 bridgehead atoms. The van der Waals surface area contributed by atoms with E-state index in [9.17, 15) is 4.79 Å². The van der Waals surface area contributed by atoms with Crippen LogP contribution in [0.2, 0.25) is 0 Å². The summed E-state index contributed by atoms with van der Waals surface area (Å²) in [5, 5.41) is 5.71. The first-order chi connectivity index (χ1) is 11.7. The first-order valence-corrected chi connectivity index (χ1v) is 10.6. The van der Waals surface area contributed by atoms with Gasteiger partial charge in [-0.1, -0.05) is 20.3 Å². The number of ketones is 1. The van der Waals surface area contributed by atoms with E-state index >= 15 is 0 Å². The van der Waals surface area contributed by atoms with E-state index in [2.05, 4.69) is 25.2 Å². The van der Waals surface area contributed by atoms with Gasteiger partial charge in [0.1, 0.15) is 0 Å². The summed E-state index contributed by atoms with van der Waals surface area (Å²) < 4.78 is 6.27. The van der Waals surface area contributed by atoms with Gasteiger partial charge >= 0.3 is 0 Å². The van der Waals surface area contributed by atoms with Gasteiger partial charge in [0.05, 0.1) is 16.2 Å². The van der Waals surface area contributed by atoms with Crippen molar-refractivity contribution in [2.45, 2.75) is 83.3 Å². The number of rotatable bonds is 9. The van der Waals surface area contributed by atoms with Crippen LogP contribution >= 0.6 is 11.3 Å². The van der Waals surface area contributed by atoms with E-state index in [0.29, 0.717) is 17.7 Å². The Morgan fingerprint density at radius 2 is 2.00 bits per heavy atom. The van der Waals surface area contributed by atoms with Crippen molar-refractivity contribution >= 4 is 22.8 Å². The minimum atomic E-state index is 0.101.